The molecule has 1 aliphatic carbocycles. The number of carbonyl (C=O) groups excluding carboxylic acids is 1. The number of aromatic nitrogens is 1. The molecule has 6 rings (SSSR count). The van der Waals surface area contributed by atoms with E-state index in [4.69, 9.17) is 16.3 Å². The van der Waals surface area contributed by atoms with E-state index in [9.17, 15) is 9.90 Å². The van der Waals surface area contributed by atoms with E-state index in [0.717, 1.165) is 15.6 Å². The number of halogens is 2. The van der Waals surface area contributed by atoms with Crippen LogP contribution in [0.2, 0.25) is 5.02 Å². The van der Waals surface area contributed by atoms with Crippen molar-refractivity contribution in [2.45, 2.75) is 28.1 Å². The van der Waals surface area contributed by atoms with E-state index >= 15 is 0 Å². The Morgan fingerprint density at radius 3 is 2.36 bits per heavy atom. The number of pyridine rings is 1. The molecule has 1 N–H and O–H groups in total. The van der Waals surface area contributed by atoms with Crippen LogP contribution in [0.15, 0.2) is 102 Å². The molecule has 1 aliphatic heterocycles. The summed E-state index contributed by atoms with van der Waals surface area (Å²) >= 11 is 11.3. The van der Waals surface area contributed by atoms with Crippen LogP contribution in [0, 0.1) is 0 Å². The first-order valence-electron chi connectivity index (χ1n) is 11.5. The Morgan fingerprint density at radius 2 is 1.67 bits per heavy atom. The monoisotopic (exact) mass is 577 g/mol. The summed E-state index contributed by atoms with van der Waals surface area (Å²) < 4.78 is 7.59. The van der Waals surface area contributed by atoms with Crippen LogP contribution in [0.25, 0.3) is 0 Å². The van der Waals surface area contributed by atoms with Gasteiger partial charge in [-0.2, -0.15) is 0 Å². The molecule has 36 heavy (non-hydrogen) atoms. The van der Waals surface area contributed by atoms with E-state index in [1.54, 1.807) is 6.07 Å². The lowest BCUT2D eigenvalue weighted by Crippen LogP contribution is -2.51. The van der Waals surface area contributed by atoms with Crippen molar-refractivity contribution in [3.8, 4) is 5.75 Å². The van der Waals surface area contributed by atoms with Crippen LogP contribution in [0.5, 0.6) is 5.75 Å². The Balaban J connectivity index is 1.58. The zero-order chi connectivity index (χ0) is 24.9. The second kappa shape index (κ2) is 9.03. The minimum atomic E-state index is -1.99. The Morgan fingerprint density at radius 1 is 1.00 bits per heavy atom. The molecule has 0 spiro atoms. The first-order valence-corrected chi connectivity index (χ1v) is 13.8. The number of ketones is 1. The maximum Gasteiger partial charge on any atom is 0.214 e. The molecule has 1 unspecified atom stereocenters. The molecule has 1 aromatic heterocycles. The highest BCUT2D eigenvalue weighted by Crippen LogP contribution is 2.66. The molecule has 4 aromatic rings. The van der Waals surface area contributed by atoms with Crippen molar-refractivity contribution < 1.29 is 14.6 Å². The van der Waals surface area contributed by atoms with Gasteiger partial charge in [-0.25, -0.2) is 0 Å². The van der Waals surface area contributed by atoms with Gasteiger partial charge in [0.1, 0.15) is 11.4 Å². The highest BCUT2D eigenvalue weighted by atomic mass is 79.9. The third-order valence-electron chi connectivity index (χ3n) is 7.03. The van der Waals surface area contributed by atoms with E-state index in [1.165, 1.54) is 18.0 Å². The van der Waals surface area contributed by atoms with Crippen molar-refractivity contribution in [3.63, 3.8) is 0 Å². The summed E-state index contributed by atoms with van der Waals surface area (Å²) in [7, 11) is 0. The van der Waals surface area contributed by atoms with Gasteiger partial charge in [0.15, 0.2) is 11.4 Å². The van der Waals surface area contributed by atoms with E-state index in [2.05, 4.69) is 20.9 Å². The largest absolute Gasteiger partial charge is 0.476 e. The van der Waals surface area contributed by atoms with E-state index in [0.29, 0.717) is 22.1 Å². The van der Waals surface area contributed by atoms with Gasteiger partial charge in [0.2, 0.25) is 5.60 Å². The van der Waals surface area contributed by atoms with Gasteiger partial charge in [-0.3, -0.25) is 9.78 Å². The molecule has 180 valence electrons. The molecule has 4 atom stereocenters. The van der Waals surface area contributed by atoms with Crippen LogP contribution in [0.1, 0.15) is 28.3 Å². The lowest BCUT2D eigenvalue weighted by Gasteiger charge is -2.39. The van der Waals surface area contributed by atoms with Gasteiger partial charge >= 0.3 is 0 Å². The summed E-state index contributed by atoms with van der Waals surface area (Å²) in [5, 5.41) is 12.3. The number of fused-ring (bicyclic) bond motifs is 3. The van der Waals surface area contributed by atoms with Crippen molar-refractivity contribution in [2.24, 2.45) is 0 Å². The molecular formula is C29H21BrClNO3S. The zero-order valence-corrected chi connectivity index (χ0v) is 22.1. The highest BCUT2D eigenvalue weighted by Gasteiger charge is 2.77. The summed E-state index contributed by atoms with van der Waals surface area (Å²) in [5.74, 6) is 0.148. The number of benzene rings is 3. The average molecular weight is 579 g/mol. The van der Waals surface area contributed by atoms with E-state index in [1.807, 2.05) is 84.9 Å². The summed E-state index contributed by atoms with van der Waals surface area (Å²) in [6.45, 7) is 0. The van der Waals surface area contributed by atoms with Crippen molar-refractivity contribution >= 4 is 45.1 Å². The van der Waals surface area contributed by atoms with Crippen LogP contribution < -0.4 is 4.74 Å². The third kappa shape index (κ3) is 3.46. The minimum Gasteiger partial charge on any atom is -0.476 e. The van der Waals surface area contributed by atoms with Crippen molar-refractivity contribution in [2.75, 3.05) is 0 Å². The van der Waals surface area contributed by atoms with Crippen LogP contribution in [-0.4, -0.2) is 21.1 Å². The summed E-state index contributed by atoms with van der Waals surface area (Å²) in [4.78, 5) is 18.8. The second-order valence-electron chi connectivity index (χ2n) is 9.03. The molecule has 4 nitrogen and oxygen atoms in total. The fraction of sp³-hybridized carbons (Fsp3) is 0.172. The standard InChI is InChI=1S/C29H21BrClNO3S/c30-21-13-11-20(12-14-21)29-24(19-9-5-2-6-10-19)25(36-17-18-7-3-1-4-8-18)27(33)28(29,34)26-23(35-29)15-22(31)16-32-26/h1-16,24-25,34H,17H2/t24-,25?,28+,29+/m1/s1. The van der Waals surface area contributed by atoms with Gasteiger partial charge in [0.25, 0.3) is 0 Å². The van der Waals surface area contributed by atoms with Crippen molar-refractivity contribution in [1.82, 2.24) is 4.98 Å². The topological polar surface area (TPSA) is 59.4 Å². The normalized spacial score (nSPS) is 26.4. The minimum absolute atomic E-state index is 0.212. The summed E-state index contributed by atoms with van der Waals surface area (Å²) in [6, 6.07) is 29.1. The SMILES string of the molecule is O=C1C(SCc2ccccc2)[C@@H](c2ccccc2)[C@]2(c3ccc(Br)cc3)Oc3cc(Cl)cnc3[C@]12O. The first-order chi connectivity index (χ1) is 17.4. The second-order valence-corrected chi connectivity index (χ2v) is 11.5. The molecule has 7 heteroatoms. The Bertz CT molecular complexity index is 1440. The number of hydrogen-bond donors (Lipinski definition) is 1. The predicted octanol–water partition coefficient (Wildman–Crippen LogP) is 6.64. The number of nitrogens with zero attached hydrogens (tertiary/aromatic N) is 1. The molecule has 0 radical (unpaired) electrons. The van der Waals surface area contributed by atoms with Gasteiger partial charge in [-0.15, -0.1) is 11.8 Å². The number of Topliss-reactive ketones (excluding diaryl/α,β-unsaturated/α-hetero) is 1. The predicted molar refractivity (Wildman–Crippen MR) is 145 cm³/mol. The molecule has 0 saturated heterocycles. The first kappa shape index (κ1) is 23.7. The molecule has 0 amide bonds. The fourth-order valence-corrected chi connectivity index (χ4v) is 7.34. The average Bonchev–Trinajstić information content (AvgIpc) is 3.26. The number of thioether (sulfide) groups is 1. The quantitative estimate of drug-likeness (QED) is 0.288. The number of aliphatic hydroxyl groups is 1. The molecule has 1 fully saturated rings. The van der Waals surface area contributed by atoms with Crippen LogP contribution in [0.4, 0.5) is 0 Å². The van der Waals surface area contributed by atoms with Crippen LogP contribution in [-0.2, 0) is 21.7 Å². The maximum absolute atomic E-state index is 14.4. The molecule has 2 heterocycles. The van der Waals surface area contributed by atoms with Gasteiger partial charge in [0, 0.05) is 22.5 Å². The Kier molecular flexibility index (Phi) is 5.96. The van der Waals surface area contributed by atoms with Gasteiger partial charge in [0.05, 0.1) is 16.2 Å². The van der Waals surface area contributed by atoms with Crippen LogP contribution in [0.3, 0.4) is 0 Å². The highest BCUT2D eigenvalue weighted by molar-refractivity contribution is 9.10. The molecule has 0 bridgehead atoms. The smallest absolute Gasteiger partial charge is 0.214 e. The summed E-state index contributed by atoms with van der Waals surface area (Å²) in [6.07, 6.45) is 1.45. The van der Waals surface area contributed by atoms with Crippen molar-refractivity contribution in [3.05, 3.63) is 129 Å². The maximum atomic E-state index is 14.4. The summed E-state index contributed by atoms with van der Waals surface area (Å²) in [5.41, 5.74) is -0.476. The number of ether oxygens (including phenoxy) is 1. The lowest BCUT2D eigenvalue weighted by molar-refractivity contribution is -0.151. The zero-order valence-electron chi connectivity index (χ0n) is 19.0. The molecule has 1 saturated carbocycles. The third-order valence-corrected chi connectivity index (χ3v) is 9.11. The Hall–Kier alpha value is -2.64. The number of rotatable bonds is 5. The van der Waals surface area contributed by atoms with Gasteiger partial charge in [-0.1, -0.05) is 100 Å². The van der Waals surface area contributed by atoms with Crippen LogP contribution >= 0.6 is 39.3 Å². The number of carbonyl (C=O) groups is 1. The lowest BCUT2D eigenvalue weighted by atomic mass is 9.72. The fourth-order valence-electron chi connectivity index (χ4n) is 5.50. The number of hydrogen-bond acceptors (Lipinski definition) is 5. The van der Waals surface area contributed by atoms with Gasteiger partial charge in [-0.05, 0) is 28.8 Å². The van der Waals surface area contributed by atoms with Crippen molar-refractivity contribution in [1.29, 1.82) is 0 Å². The Labute approximate surface area is 226 Å². The molecule has 3 aromatic carbocycles. The molecule has 2 aliphatic rings. The molecular weight excluding hydrogens is 558 g/mol. The van der Waals surface area contributed by atoms with E-state index in [-0.39, 0.29) is 11.5 Å². The van der Waals surface area contributed by atoms with E-state index < -0.39 is 22.4 Å². The van der Waals surface area contributed by atoms with Gasteiger partial charge < -0.3 is 9.84 Å².